The van der Waals surface area contributed by atoms with Gasteiger partial charge >= 0.3 is 5.97 Å². The van der Waals surface area contributed by atoms with Gasteiger partial charge in [-0.05, 0) is 30.3 Å². The van der Waals surface area contributed by atoms with E-state index in [1.807, 2.05) is 30.3 Å². The van der Waals surface area contributed by atoms with Gasteiger partial charge in [0.25, 0.3) is 0 Å². The first kappa shape index (κ1) is 20.5. The lowest BCUT2D eigenvalue weighted by atomic mass is 10.3. The zero-order valence-corrected chi connectivity index (χ0v) is 17.7. The molecule has 2 aromatic carbocycles. The number of nitrogens with zero attached hydrogens (tertiary/aromatic N) is 1. The number of hydrogen-bond donors (Lipinski definition) is 2. The second-order valence-electron chi connectivity index (χ2n) is 5.58. The summed E-state index contributed by atoms with van der Waals surface area (Å²) in [4.78, 5) is 16.3. The van der Waals surface area contributed by atoms with Crippen LogP contribution in [0.5, 0.6) is 0 Å². The maximum absolute atomic E-state index is 12.2. The minimum Gasteiger partial charge on any atom is -0.458 e. The van der Waals surface area contributed by atoms with Gasteiger partial charge in [0.05, 0.1) is 10.6 Å². The van der Waals surface area contributed by atoms with Crippen molar-refractivity contribution in [3.8, 4) is 0 Å². The van der Waals surface area contributed by atoms with Gasteiger partial charge in [-0.2, -0.15) is 4.72 Å². The zero-order chi connectivity index (χ0) is 20.0. The van der Waals surface area contributed by atoms with Crippen LogP contribution in [-0.4, -0.2) is 25.9 Å². The molecule has 0 fully saturated rings. The van der Waals surface area contributed by atoms with E-state index in [0.29, 0.717) is 15.3 Å². The number of ether oxygens (including phenoxy) is 1. The van der Waals surface area contributed by atoms with Gasteiger partial charge < -0.3 is 10.1 Å². The topological polar surface area (TPSA) is 97.4 Å². The summed E-state index contributed by atoms with van der Waals surface area (Å²) < 4.78 is 32.3. The number of aromatic nitrogens is 1. The number of anilines is 2. The minimum atomic E-state index is -3.80. The van der Waals surface area contributed by atoms with Gasteiger partial charge in [-0.3, -0.25) is 4.79 Å². The number of carbonyl (C=O) groups excluding carboxylic acids is 1. The predicted octanol–water partition coefficient (Wildman–Crippen LogP) is 3.67. The third kappa shape index (κ3) is 5.86. The third-order valence-corrected chi connectivity index (χ3v) is 6.17. The number of nitrogens with one attached hydrogen (secondary N) is 2. The van der Waals surface area contributed by atoms with Crippen LogP contribution in [0.2, 0.25) is 0 Å². The molecule has 2 N–H and O–H groups in total. The van der Waals surface area contributed by atoms with Crippen molar-refractivity contribution in [3.63, 3.8) is 0 Å². The molecule has 0 atom stereocenters. The Bertz CT molecular complexity index is 1060. The lowest BCUT2D eigenvalue weighted by molar-refractivity contribution is -0.143. The van der Waals surface area contributed by atoms with Crippen LogP contribution in [0, 0.1) is 0 Å². The maximum atomic E-state index is 12.2. The van der Waals surface area contributed by atoms with Crippen LogP contribution in [0.3, 0.4) is 0 Å². The molecule has 146 valence electrons. The van der Waals surface area contributed by atoms with E-state index in [4.69, 9.17) is 4.74 Å². The number of benzene rings is 2. The summed E-state index contributed by atoms with van der Waals surface area (Å²) >= 11 is 4.60. The highest BCUT2D eigenvalue weighted by Gasteiger charge is 2.16. The number of sulfonamides is 1. The van der Waals surface area contributed by atoms with Crippen molar-refractivity contribution < 1.29 is 17.9 Å². The molecule has 1 heterocycles. The highest BCUT2D eigenvalue weighted by Crippen LogP contribution is 2.21. The summed E-state index contributed by atoms with van der Waals surface area (Å²) in [5.41, 5.74) is 1.48. The molecule has 0 radical (unpaired) electrons. The van der Waals surface area contributed by atoms with Crippen molar-refractivity contribution in [1.82, 2.24) is 9.71 Å². The predicted molar refractivity (Wildman–Crippen MR) is 111 cm³/mol. The van der Waals surface area contributed by atoms with Gasteiger partial charge in [0, 0.05) is 15.5 Å². The molecule has 3 rings (SSSR count). The number of hydrogen-bond acceptors (Lipinski definition) is 7. The third-order valence-electron chi connectivity index (χ3n) is 3.47. The van der Waals surface area contributed by atoms with Gasteiger partial charge in [0.2, 0.25) is 10.0 Å². The van der Waals surface area contributed by atoms with Crippen molar-refractivity contribution in [3.05, 3.63) is 70.1 Å². The monoisotopic (exact) mass is 481 g/mol. The van der Waals surface area contributed by atoms with Gasteiger partial charge in [0.15, 0.2) is 5.13 Å². The molecular weight excluding hydrogens is 466 g/mol. The van der Waals surface area contributed by atoms with Crippen molar-refractivity contribution in [1.29, 1.82) is 0 Å². The summed E-state index contributed by atoms with van der Waals surface area (Å²) in [5, 5.41) is 5.59. The Morgan fingerprint density at radius 3 is 2.68 bits per heavy atom. The van der Waals surface area contributed by atoms with Crippen molar-refractivity contribution in [2.75, 3.05) is 11.9 Å². The van der Waals surface area contributed by atoms with Crippen LogP contribution < -0.4 is 10.0 Å². The standard InChI is InChI=1S/C18H16BrN3O4S2/c19-13-5-4-8-16(9-13)28(24,25)20-10-17(23)26-11-15-12-27-18(22-15)21-14-6-2-1-3-7-14/h1-9,12,20H,10-11H2,(H,21,22). The van der Waals surface area contributed by atoms with Crippen LogP contribution in [-0.2, 0) is 26.2 Å². The number of thiazole rings is 1. The van der Waals surface area contributed by atoms with E-state index >= 15 is 0 Å². The summed E-state index contributed by atoms with van der Waals surface area (Å²) in [6, 6.07) is 15.8. The molecule has 0 aliphatic rings. The highest BCUT2D eigenvalue weighted by atomic mass is 79.9. The Morgan fingerprint density at radius 1 is 1.14 bits per heavy atom. The number of esters is 1. The molecule has 7 nitrogen and oxygen atoms in total. The Morgan fingerprint density at radius 2 is 1.93 bits per heavy atom. The van der Waals surface area contributed by atoms with E-state index in [0.717, 1.165) is 5.69 Å². The van der Waals surface area contributed by atoms with Crippen molar-refractivity contribution in [2.24, 2.45) is 0 Å². The van der Waals surface area contributed by atoms with E-state index in [2.05, 4.69) is 31.0 Å². The number of carbonyl (C=O) groups is 1. The van der Waals surface area contributed by atoms with E-state index in [1.54, 1.807) is 17.5 Å². The Hall–Kier alpha value is -2.27. The van der Waals surface area contributed by atoms with Crippen molar-refractivity contribution in [2.45, 2.75) is 11.5 Å². The minimum absolute atomic E-state index is 0.0373. The van der Waals surface area contributed by atoms with Crippen LogP contribution in [0.4, 0.5) is 10.8 Å². The van der Waals surface area contributed by atoms with Crippen LogP contribution in [0.1, 0.15) is 5.69 Å². The molecular formula is C18H16BrN3O4S2. The van der Waals surface area contributed by atoms with Crippen LogP contribution in [0.15, 0.2) is 69.3 Å². The number of rotatable bonds is 8. The first-order chi connectivity index (χ1) is 13.4. The molecule has 1 aromatic heterocycles. The molecule has 3 aromatic rings. The molecule has 0 amide bonds. The first-order valence-electron chi connectivity index (χ1n) is 8.10. The number of para-hydroxylation sites is 1. The van der Waals surface area contributed by atoms with E-state index < -0.39 is 22.5 Å². The first-order valence-corrected chi connectivity index (χ1v) is 11.3. The smallest absolute Gasteiger partial charge is 0.321 e. The van der Waals surface area contributed by atoms with E-state index in [1.165, 1.54) is 23.5 Å². The van der Waals surface area contributed by atoms with E-state index in [9.17, 15) is 13.2 Å². The largest absolute Gasteiger partial charge is 0.458 e. The second-order valence-corrected chi connectivity index (χ2v) is 9.12. The summed E-state index contributed by atoms with van der Waals surface area (Å²) in [6.07, 6.45) is 0. The Balaban J connectivity index is 1.48. The fourth-order valence-electron chi connectivity index (χ4n) is 2.15. The van der Waals surface area contributed by atoms with Gasteiger partial charge in [0.1, 0.15) is 13.2 Å². The highest BCUT2D eigenvalue weighted by molar-refractivity contribution is 9.10. The van der Waals surface area contributed by atoms with Gasteiger partial charge in [-0.15, -0.1) is 11.3 Å². The summed E-state index contributed by atoms with van der Waals surface area (Å²) in [5.74, 6) is -0.691. The second kappa shape index (κ2) is 9.28. The Labute approximate surface area is 175 Å². The average Bonchev–Trinajstić information content (AvgIpc) is 3.13. The molecule has 0 aliphatic carbocycles. The zero-order valence-electron chi connectivity index (χ0n) is 14.5. The Kier molecular flexibility index (Phi) is 6.79. The lowest BCUT2D eigenvalue weighted by Crippen LogP contribution is -2.30. The lowest BCUT2D eigenvalue weighted by Gasteiger charge is -2.07. The molecule has 28 heavy (non-hydrogen) atoms. The molecule has 0 saturated heterocycles. The van der Waals surface area contributed by atoms with Crippen LogP contribution in [0.25, 0.3) is 0 Å². The fourth-order valence-corrected chi connectivity index (χ4v) is 4.43. The van der Waals surface area contributed by atoms with Crippen molar-refractivity contribution >= 4 is 54.1 Å². The maximum Gasteiger partial charge on any atom is 0.321 e. The number of halogens is 1. The fraction of sp³-hybridized carbons (Fsp3) is 0.111. The molecule has 10 heteroatoms. The molecule has 0 spiro atoms. The van der Waals surface area contributed by atoms with Gasteiger partial charge in [-0.25, -0.2) is 13.4 Å². The summed E-state index contributed by atoms with van der Waals surface area (Å²) in [7, 11) is -3.80. The molecule has 0 saturated carbocycles. The van der Waals surface area contributed by atoms with Crippen LogP contribution >= 0.6 is 27.3 Å². The van der Waals surface area contributed by atoms with E-state index in [-0.39, 0.29) is 11.5 Å². The summed E-state index contributed by atoms with van der Waals surface area (Å²) in [6.45, 7) is -0.501. The average molecular weight is 482 g/mol. The molecule has 0 bridgehead atoms. The normalized spacial score (nSPS) is 11.2. The molecule has 0 aliphatic heterocycles. The quantitative estimate of drug-likeness (QED) is 0.476. The van der Waals surface area contributed by atoms with Gasteiger partial charge in [-0.1, -0.05) is 40.2 Å². The SMILES string of the molecule is O=C(CNS(=O)(=O)c1cccc(Br)c1)OCc1csc(Nc2ccccc2)n1. The molecule has 0 unspecified atom stereocenters.